The third kappa shape index (κ3) is 2.62. The molecular weight excluding hydrogens is 274 g/mol. The lowest BCUT2D eigenvalue weighted by Crippen LogP contribution is -2.45. The minimum absolute atomic E-state index is 0.0507. The molecule has 0 aromatic heterocycles. The summed E-state index contributed by atoms with van der Waals surface area (Å²) >= 11 is 0. The van der Waals surface area contributed by atoms with Crippen LogP contribution in [0.1, 0.15) is 52.9 Å². The van der Waals surface area contributed by atoms with Gasteiger partial charge in [0.15, 0.2) is 0 Å². The summed E-state index contributed by atoms with van der Waals surface area (Å²) in [5.41, 5.74) is 1.73. The van der Waals surface area contributed by atoms with E-state index in [1.165, 1.54) is 24.8 Å². The van der Waals surface area contributed by atoms with Crippen molar-refractivity contribution in [2.45, 2.75) is 59.0 Å². The topological polar surface area (TPSA) is 29.5 Å². The van der Waals surface area contributed by atoms with Crippen LogP contribution in [0.25, 0.3) is 0 Å². The van der Waals surface area contributed by atoms with Crippen molar-refractivity contribution >= 4 is 5.97 Å². The zero-order valence-corrected chi connectivity index (χ0v) is 14.4. The number of ether oxygens (including phenoxy) is 1. The maximum Gasteiger partial charge on any atom is 0.310 e. The zero-order chi connectivity index (χ0) is 15.9. The van der Waals surface area contributed by atoms with Crippen LogP contribution in [-0.2, 0) is 9.53 Å². The van der Waals surface area contributed by atoms with E-state index in [4.69, 9.17) is 4.74 Å². The molecule has 3 aliphatic rings. The number of carbonyl (C=O) groups is 1. The van der Waals surface area contributed by atoms with Gasteiger partial charge in [0.2, 0.25) is 0 Å². The van der Waals surface area contributed by atoms with Gasteiger partial charge in [-0.15, -0.1) is 0 Å². The first-order valence-electron chi connectivity index (χ1n) is 9.09. The second-order valence-corrected chi connectivity index (χ2v) is 7.89. The highest BCUT2D eigenvalue weighted by Gasteiger charge is 2.55. The number of hydrogen-bond donors (Lipinski definition) is 0. The summed E-state index contributed by atoms with van der Waals surface area (Å²) < 4.78 is 5.82. The summed E-state index contributed by atoms with van der Waals surface area (Å²) in [6.07, 6.45) is 5.99. The van der Waals surface area contributed by atoms with Crippen LogP contribution in [0, 0.1) is 23.2 Å². The van der Waals surface area contributed by atoms with Crippen molar-refractivity contribution in [3.63, 3.8) is 0 Å². The number of rotatable bonds is 4. The lowest BCUT2D eigenvalue weighted by atomic mass is 9.55. The summed E-state index contributed by atoms with van der Waals surface area (Å²) in [5.74, 6) is 1.12. The van der Waals surface area contributed by atoms with Gasteiger partial charge in [-0.25, -0.2) is 0 Å². The molecule has 5 atom stereocenters. The summed E-state index contributed by atoms with van der Waals surface area (Å²) in [6.45, 7) is 14.0. The highest BCUT2D eigenvalue weighted by atomic mass is 16.6. The minimum atomic E-state index is 0.0507. The Morgan fingerprint density at radius 2 is 2.09 bits per heavy atom. The Hall–Kier alpha value is -0.830. The summed E-state index contributed by atoms with van der Waals surface area (Å²) in [6, 6.07) is 0. The van der Waals surface area contributed by atoms with Crippen LogP contribution in [0.2, 0.25) is 0 Å². The molecule has 1 heterocycles. The van der Waals surface area contributed by atoms with E-state index in [0.717, 1.165) is 32.5 Å². The molecule has 3 fully saturated rings. The normalized spacial score (nSPS) is 41.3. The Morgan fingerprint density at radius 1 is 1.36 bits per heavy atom. The van der Waals surface area contributed by atoms with Crippen molar-refractivity contribution < 1.29 is 9.53 Å². The van der Waals surface area contributed by atoms with Gasteiger partial charge in [0, 0.05) is 12.5 Å². The molecule has 1 aliphatic heterocycles. The molecular formula is C19H31NO2. The summed E-state index contributed by atoms with van der Waals surface area (Å²) in [4.78, 5) is 14.8. The first-order chi connectivity index (χ1) is 10.5. The Morgan fingerprint density at radius 3 is 2.77 bits per heavy atom. The van der Waals surface area contributed by atoms with E-state index >= 15 is 0 Å². The van der Waals surface area contributed by atoms with Crippen molar-refractivity contribution in [1.82, 2.24) is 4.90 Å². The van der Waals surface area contributed by atoms with Gasteiger partial charge >= 0.3 is 5.97 Å². The molecule has 0 radical (unpaired) electrons. The highest BCUT2D eigenvalue weighted by Crippen LogP contribution is 2.56. The first kappa shape index (κ1) is 16.0. The number of esters is 1. The van der Waals surface area contributed by atoms with Crippen molar-refractivity contribution in [3.8, 4) is 0 Å². The molecule has 0 aromatic carbocycles. The summed E-state index contributed by atoms with van der Waals surface area (Å²) in [7, 11) is 0. The van der Waals surface area contributed by atoms with Gasteiger partial charge < -0.3 is 9.64 Å². The molecule has 22 heavy (non-hydrogen) atoms. The Kier molecular flexibility index (Phi) is 4.37. The average Bonchev–Trinajstić information content (AvgIpc) is 2.77. The number of carbonyl (C=O) groups excluding carboxylic acids is 1. The van der Waals surface area contributed by atoms with E-state index in [0.29, 0.717) is 17.3 Å². The number of fused-ring (bicyclic) bond motifs is 2. The van der Waals surface area contributed by atoms with Crippen molar-refractivity contribution in [2.75, 3.05) is 19.6 Å². The molecule has 0 spiro atoms. The van der Waals surface area contributed by atoms with Crippen molar-refractivity contribution in [2.24, 2.45) is 23.2 Å². The fraction of sp³-hybridized carbons (Fsp3) is 0.842. The molecule has 3 heteroatoms. The van der Waals surface area contributed by atoms with Gasteiger partial charge in [0.1, 0.15) is 6.10 Å². The van der Waals surface area contributed by atoms with E-state index in [2.05, 4.69) is 32.3 Å². The van der Waals surface area contributed by atoms with E-state index in [1.54, 1.807) is 0 Å². The smallest absolute Gasteiger partial charge is 0.310 e. The third-order valence-electron chi connectivity index (χ3n) is 6.67. The van der Waals surface area contributed by atoms with Crippen LogP contribution < -0.4 is 0 Å². The Bertz CT molecular complexity index is 456. The Labute approximate surface area is 135 Å². The van der Waals surface area contributed by atoms with E-state index in [-0.39, 0.29) is 18.0 Å². The predicted molar refractivity (Wildman–Crippen MR) is 88.5 cm³/mol. The van der Waals surface area contributed by atoms with Crippen LogP contribution >= 0.6 is 0 Å². The second kappa shape index (κ2) is 5.99. The van der Waals surface area contributed by atoms with E-state index in [1.807, 2.05) is 0 Å². The quantitative estimate of drug-likeness (QED) is 0.586. The number of allylic oxidation sites excluding steroid dienone is 1. The van der Waals surface area contributed by atoms with E-state index < -0.39 is 0 Å². The molecule has 0 bridgehead atoms. The fourth-order valence-corrected chi connectivity index (χ4v) is 5.22. The van der Waals surface area contributed by atoms with Crippen LogP contribution in [0.15, 0.2) is 12.2 Å². The molecule has 0 amide bonds. The van der Waals surface area contributed by atoms with Gasteiger partial charge in [-0.3, -0.25) is 4.79 Å². The van der Waals surface area contributed by atoms with Gasteiger partial charge in [-0.2, -0.15) is 0 Å². The molecule has 124 valence electrons. The number of hydrogen-bond acceptors (Lipinski definition) is 3. The first-order valence-corrected chi connectivity index (χ1v) is 9.09. The highest BCUT2D eigenvalue weighted by molar-refractivity contribution is 5.75. The maximum atomic E-state index is 12.4. The standard InChI is InChI=1S/C19H31NO2/c1-5-20(6-2)12-15-14-10-16-13(3)8-7-9-19(16,4)11-17(14)22-18(15)21/h14-17H,3,5-12H2,1-2,4H3. The molecule has 1 saturated heterocycles. The fourth-order valence-electron chi connectivity index (χ4n) is 5.22. The van der Waals surface area contributed by atoms with Crippen molar-refractivity contribution in [3.05, 3.63) is 12.2 Å². The molecule has 0 N–H and O–H groups in total. The monoisotopic (exact) mass is 305 g/mol. The predicted octanol–water partition coefficient (Wildman–Crippen LogP) is 3.64. The molecule has 2 saturated carbocycles. The largest absolute Gasteiger partial charge is 0.462 e. The van der Waals surface area contributed by atoms with Gasteiger partial charge in [0.25, 0.3) is 0 Å². The lowest BCUT2D eigenvalue weighted by molar-refractivity contribution is -0.146. The Balaban J connectivity index is 1.78. The molecule has 3 rings (SSSR count). The molecule has 2 aliphatic carbocycles. The second-order valence-electron chi connectivity index (χ2n) is 7.89. The lowest BCUT2D eigenvalue weighted by Gasteiger charge is -2.50. The minimum Gasteiger partial charge on any atom is -0.462 e. The van der Waals surface area contributed by atoms with Gasteiger partial charge in [0.05, 0.1) is 5.92 Å². The van der Waals surface area contributed by atoms with Crippen LogP contribution in [0.5, 0.6) is 0 Å². The SMILES string of the molecule is C=C1CCCC2(C)CC3OC(=O)C(CN(CC)CC)C3CC12. The maximum absolute atomic E-state index is 12.4. The van der Waals surface area contributed by atoms with Crippen LogP contribution in [0.4, 0.5) is 0 Å². The van der Waals surface area contributed by atoms with Crippen LogP contribution in [0.3, 0.4) is 0 Å². The number of nitrogens with zero attached hydrogens (tertiary/aromatic N) is 1. The van der Waals surface area contributed by atoms with Gasteiger partial charge in [-0.1, -0.05) is 32.9 Å². The van der Waals surface area contributed by atoms with Crippen LogP contribution in [-0.4, -0.2) is 36.6 Å². The summed E-state index contributed by atoms with van der Waals surface area (Å²) in [5, 5.41) is 0. The molecule has 3 nitrogen and oxygen atoms in total. The molecule has 0 aromatic rings. The van der Waals surface area contributed by atoms with E-state index in [9.17, 15) is 4.79 Å². The van der Waals surface area contributed by atoms with Crippen molar-refractivity contribution in [1.29, 1.82) is 0 Å². The zero-order valence-electron chi connectivity index (χ0n) is 14.4. The average molecular weight is 305 g/mol. The van der Waals surface area contributed by atoms with Gasteiger partial charge in [-0.05, 0) is 56.5 Å². The molecule has 5 unspecified atom stereocenters. The third-order valence-corrected chi connectivity index (χ3v) is 6.67.